The molecule has 5 nitrogen and oxygen atoms in total. The zero-order valence-corrected chi connectivity index (χ0v) is 8.33. The van der Waals surface area contributed by atoms with Gasteiger partial charge in [0.1, 0.15) is 5.69 Å². The van der Waals surface area contributed by atoms with E-state index in [-0.39, 0.29) is 5.91 Å². The van der Waals surface area contributed by atoms with Gasteiger partial charge in [0.05, 0.1) is 12.3 Å². The third-order valence-electron chi connectivity index (χ3n) is 2.47. The molecule has 2 rings (SSSR count). The lowest BCUT2D eigenvalue weighted by atomic mass is 10.1. The summed E-state index contributed by atoms with van der Waals surface area (Å²) in [7, 11) is 0. The van der Waals surface area contributed by atoms with Crippen LogP contribution >= 0.6 is 0 Å². The molecule has 0 aromatic carbocycles. The molecule has 1 fully saturated rings. The molecule has 0 aliphatic carbocycles. The van der Waals surface area contributed by atoms with E-state index in [9.17, 15) is 9.90 Å². The van der Waals surface area contributed by atoms with E-state index in [4.69, 9.17) is 0 Å². The SMILES string of the molecule is O=C(c1cnccn1)N1CCC[C@@H](O)C1. The highest BCUT2D eigenvalue weighted by Crippen LogP contribution is 2.11. The maximum Gasteiger partial charge on any atom is 0.274 e. The normalized spacial score (nSPS) is 21.4. The molecule has 2 heterocycles. The molecule has 1 aliphatic rings. The van der Waals surface area contributed by atoms with Crippen molar-refractivity contribution in [1.82, 2.24) is 14.9 Å². The largest absolute Gasteiger partial charge is 0.391 e. The monoisotopic (exact) mass is 207 g/mol. The smallest absolute Gasteiger partial charge is 0.274 e. The van der Waals surface area contributed by atoms with Crippen LogP contribution in [0.1, 0.15) is 23.3 Å². The van der Waals surface area contributed by atoms with Crippen molar-refractivity contribution in [2.75, 3.05) is 13.1 Å². The van der Waals surface area contributed by atoms with Crippen molar-refractivity contribution in [2.45, 2.75) is 18.9 Å². The fraction of sp³-hybridized carbons (Fsp3) is 0.500. The molecule has 15 heavy (non-hydrogen) atoms. The summed E-state index contributed by atoms with van der Waals surface area (Å²) in [6, 6.07) is 0. The first-order chi connectivity index (χ1) is 7.27. The van der Waals surface area contributed by atoms with Gasteiger partial charge in [-0.2, -0.15) is 0 Å². The number of likely N-dealkylation sites (tertiary alicyclic amines) is 1. The highest BCUT2D eigenvalue weighted by Gasteiger charge is 2.23. The first-order valence-electron chi connectivity index (χ1n) is 5.01. The molecule has 1 aliphatic heterocycles. The zero-order chi connectivity index (χ0) is 10.7. The van der Waals surface area contributed by atoms with Crippen molar-refractivity contribution in [3.05, 3.63) is 24.3 Å². The van der Waals surface area contributed by atoms with Gasteiger partial charge in [-0.1, -0.05) is 0 Å². The third kappa shape index (κ3) is 2.30. The van der Waals surface area contributed by atoms with Gasteiger partial charge in [-0.05, 0) is 12.8 Å². The third-order valence-corrected chi connectivity index (χ3v) is 2.47. The Bertz CT molecular complexity index is 342. The Morgan fingerprint density at radius 3 is 3.07 bits per heavy atom. The van der Waals surface area contributed by atoms with E-state index in [2.05, 4.69) is 9.97 Å². The quantitative estimate of drug-likeness (QED) is 0.708. The maximum absolute atomic E-state index is 11.9. The fourth-order valence-corrected chi connectivity index (χ4v) is 1.71. The summed E-state index contributed by atoms with van der Waals surface area (Å²) in [4.78, 5) is 21.3. The number of aliphatic hydroxyl groups is 1. The van der Waals surface area contributed by atoms with E-state index in [0.29, 0.717) is 18.8 Å². The minimum absolute atomic E-state index is 0.151. The van der Waals surface area contributed by atoms with Gasteiger partial charge >= 0.3 is 0 Å². The average molecular weight is 207 g/mol. The first-order valence-corrected chi connectivity index (χ1v) is 5.01. The van der Waals surface area contributed by atoms with Gasteiger partial charge in [0.2, 0.25) is 0 Å². The van der Waals surface area contributed by atoms with Crippen molar-refractivity contribution in [3.63, 3.8) is 0 Å². The predicted molar refractivity (Wildman–Crippen MR) is 53.2 cm³/mol. The van der Waals surface area contributed by atoms with Crippen LogP contribution in [0.3, 0.4) is 0 Å². The molecule has 80 valence electrons. The van der Waals surface area contributed by atoms with Crippen molar-refractivity contribution in [2.24, 2.45) is 0 Å². The molecule has 5 heteroatoms. The molecule has 0 saturated carbocycles. The highest BCUT2D eigenvalue weighted by atomic mass is 16.3. The lowest BCUT2D eigenvalue weighted by Crippen LogP contribution is -2.42. The topological polar surface area (TPSA) is 66.3 Å². The number of carbonyl (C=O) groups excluding carboxylic acids is 1. The van der Waals surface area contributed by atoms with E-state index in [1.807, 2.05) is 0 Å². The minimum Gasteiger partial charge on any atom is -0.391 e. The van der Waals surface area contributed by atoms with E-state index < -0.39 is 6.10 Å². The molecule has 1 saturated heterocycles. The number of nitrogens with zero attached hydrogens (tertiary/aromatic N) is 3. The van der Waals surface area contributed by atoms with E-state index in [1.165, 1.54) is 18.6 Å². The minimum atomic E-state index is -0.403. The molecule has 1 aromatic heterocycles. The summed E-state index contributed by atoms with van der Waals surface area (Å²) in [6.45, 7) is 1.09. The van der Waals surface area contributed by atoms with Crippen LogP contribution in [0.25, 0.3) is 0 Å². The summed E-state index contributed by atoms with van der Waals surface area (Å²) in [5, 5.41) is 9.45. The van der Waals surface area contributed by atoms with Gasteiger partial charge in [0.25, 0.3) is 5.91 Å². The Morgan fingerprint density at radius 1 is 1.53 bits per heavy atom. The number of amides is 1. The highest BCUT2D eigenvalue weighted by molar-refractivity contribution is 5.92. The number of aromatic nitrogens is 2. The number of hydrogen-bond donors (Lipinski definition) is 1. The van der Waals surface area contributed by atoms with Crippen LogP contribution in [0.2, 0.25) is 0 Å². The van der Waals surface area contributed by atoms with Gasteiger partial charge in [0.15, 0.2) is 0 Å². The Morgan fingerprint density at radius 2 is 2.40 bits per heavy atom. The van der Waals surface area contributed by atoms with Gasteiger partial charge in [-0.25, -0.2) is 4.98 Å². The number of rotatable bonds is 1. The Labute approximate surface area is 87.8 Å². The lowest BCUT2D eigenvalue weighted by molar-refractivity contribution is 0.0468. The predicted octanol–water partition coefficient (Wildman–Crippen LogP) is 0.0735. The second kappa shape index (κ2) is 4.35. The number of hydrogen-bond acceptors (Lipinski definition) is 4. The van der Waals surface area contributed by atoms with E-state index >= 15 is 0 Å². The molecule has 1 aromatic rings. The van der Waals surface area contributed by atoms with Crippen LogP contribution in [-0.4, -0.2) is 45.1 Å². The zero-order valence-electron chi connectivity index (χ0n) is 8.33. The summed E-state index contributed by atoms with van der Waals surface area (Å²) >= 11 is 0. The van der Waals surface area contributed by atoms with Crippen LogP contribution in [0.4, 0.5) is 0 Å². The Hall–Kier alpha value is -1.49. The summed E-state index contributed by atoms with van der Waals surface area (Å²) in [6.07, 6.45) is 5.68. The van der Waals surface area contributed by atoms with Gasteiger partial charge in [0, 0.05) is 25.5 Å². The first kappa shape index (κ1) is 10.0. The molecule has 0 radical (unpaired) electrons. The van der Waals surface area contributed by atoms with Crippen molar-refractivity contribution in [1.29, 1.82) is 0 Å². The second-order valence-corrected chi connectivity index (χ2v) is 3.64. The van der Waals surface area contributed by atoms with Crippen LogP contribution in [0.15, 0.2) is 18.6 Å². The number of β-amino-alcohol motifs (C(OH)–C–C–N with tert-alkyl or cyclic N) is 1. The summed E-state index contributed by atoms with van der Waals surface area (Å²) in [5.74, 6) is -0.151. The molecule has 1 N–H and O–H groups in total. The number of aliphatic hydroxyl groups excluding tert-OH is 1. The van der Waals surface area contributed by atoms with Gasteiger partial charge in [-0.3, -0.25) is 9.78 Å². The second-order valence-electron chi connectivity index (χ2n) is 3.64. The standard InChI is InChI=1S/C10H13N3O2/c14-8-2-1-5-13(7-8)10(15)9-6-11-3-4-12-9/h3-4,6,8,14H,1-2,5,7H2/t8-/m1/s1. The molecule has 1 amide bonds. The van der Waals surface area contributed by atoms with Gasteiger partial charge in [-0.15, -0.1) is 0 Å². The molecule has 0 bridgehead atoms. The lowest BCUT2D eigenvalue weighted by Gasteiger charge is -2.29. The number of carbonyl (C=O) groups is 1. The van der Waals surface area contributed by atoms with Crippen molar-refractivity contribution in [3.8, 4) is 0 Å². The van der Waals surface area contributed by atoms with Crippen molar-refractivity contribution >= 4 is 5.91 Å². The maximum atomic E-state index is 11.9. The molecular weight excluding hydrogens is 194 g/mol. The molecule has 1 atom stereocenters. The molecule has 0 spiro atoms. The average Bonchev–Trinajstić information content (AvgIpc) is 2.29. The summed E-state index contributed by atoms with van der Waals surface area (Å²) in [5.41, 5.74) is 0.339. The summed E-state index contributed by atoms with van der Waals surface area (Å²) < 4.78 is 0. The molecular formula is C10H13N3O2. The van der Waals surface area contributed by atoms with E-state index in [0.717, 1.165) is 12.8 Å². The Balaban J connectivity index is 2.08. The van der Waals surface area contributed by atoms with Crippen LogP contribution in [-0.2, 0) is 0 Å². The van der Waals surface area contributed by atoms with Crippen molar-refractivity contribution < 1.29 is 9.90 Å². The van der Waals surface area contributed by atoms with Gasteiger partial charge < -0.3 is 10.0 Å². The van der Waals surface area contributed by atoms with E-state index in [1.54, 1.807) is 4.90 Å². The fourth-order valence-electron chi connectivity index (χ4n) is 1.71. The number of piperidine rings is 1. The molecule has 0 unspecified atom stereocenters. The van der Waals surface area contributed by atoms with Crippen LogP contribution in [0, 0.1) is 0 Å². The Kier molecular flexibility index (Phi) is 2.91. The van der Waals surface area contributed by atoms with Crippen LogP contribution in [0.5, 0.6) is 0 Å². The van der Waals surface area contributed by atoms with Crippen LogP contribution < -0.4 is 0 Å².